The van der Waals surface area contributed by atoms with E-state index in [1.165, 1.54) is 35.4 Å². The third-order valence-corrected chi connectivity index (χ3v) is 15.0. The molecule has 41 heavy (non-hydrogen) atoms. The Bertz CT molecular complexity index is 1370. The summed E-state index contributed by atoms with van der Waals surface area (Å²) in [5, 5.41) is 0.335. The molecule has 2 aliphatic rings. The second-order valence-corrected chi connectivity index (χ2v) is 19.3. The Morgan fingerprint density at radius 3 is 1.37 bits per heavy atom. The highest BCUT2D eigenvalue weighted by atomic mass is 32.7. The minimum absolute atomic E-state index is 0.0847. The van der Waals surface area contributed by atoms with Crippen LogP contribution in [0.1, 0.15) is 57.8 Å². The van der Waals surface area contributed by atoms with Crippen LogP contribution in [0.3, 0.4) is 0 Å². The molecule has 0 aromatic heterocycles. The summed E-state index contributed by atoms with van der Waals surface area (Å²) in [5.41, 5.74) is 4.53. The molecule has 2 fully saturated rings. The minimum atomic E-state index is -3.12. The number of rotatable bonds is 5. The van der Waals surface area contributed by atoms with Gasteiger partial charge in [0.15, 0.2) is 0 Å². The maximum absolute atomic E-state index is 12.7. The van der Waals surface area contributed by atoms with Crippen molar-refractivity contribution in [2.75, 3.05) is 13.8 Å². The zero-order valence-corrected chi connectivity index (χ0v) is 26.4. The maximum atomic E-state index is 12.7. The average Bonchev–Trinajstić information content (AvgIpc) is 3.02. The molecule has 0 amide bonds. The molecular formula is C32H34O5P2S2. The predicted octanol–water partition coefficient (Wildman–Crippen LogP) is 10.8. The van der Waals surface area contributed by atoms with Crippen LogP contribution in [-0.2, 0) is 22.7 Å². The van der Waals surface area contributed by atoms with Gasteiger partial charge < -0.3 is 9.05 Å². The molecule has 0 saturated carbocycles. The zero-order valence-electron chi connectivity index (χ0n) is 23.0. The lowest BCUT2D eigenvalue weighted by atomic mass is 10.0. The smallest absolute Gasteiger partial charge is 0.313 e. The quantitative estimate of drug-likeness (QED) is 0.205. The van der Waals surface area contributed by atoms with Gasteiger partial charge in [0.05, 0.1) is 12.2 Å². The van der Waals surface area contributed by atoms with Gasteiger partial charge in [0.25, 0.3) is 6.57 Å². The van der Waals surface area contributed by atoms with E-state index in [1.54, 1.807) is 6.66 Å². The lowest BCUT2D eigenvalue weighted by molar-refractivity contribution is 0.159. The summed E-state index contributed by atoms with van der Waals surface area (Å²) in [7, 11) is 1.45. The van der Waals surface area contributed by atoms with Crippen molar-refractivity contribution in [3.63, 3.8) is 0 Å². The molecule has 6 rings (SSSR count). The molecule has 9 heteroatoms. The van der Waals surface area contributed by atoms with Crippen LogP contribution in [0.5, 0.6) is 0 Å². The highest BCUT2D eigenvalue weighted by molar-refractivity contribution is 8.56. The van der Waals surface area contributed by atoms with Crippen molar-refractivity contribution in [1.29, 1.82) is 0 Å². The second-order valence-electron chi connectivity index (χ2n) is 9.89. The van der Waals surface area contributed by atoms with Gasteiger partial charge in [-0.15, -0.1) is 0 Å². The Kier molecular flexibility index (Phi) is 10.3. The summed E-state index contributed by atoms with van der Waals surface area (Å²) in [6, 6.07) is 40.4. The van der Waals surface area contributed by atoms with Gasteiger partial charge in [0, 0.05) is 24.3 Å². The van der Waals surface area contributed by atoms with Crippen LogP contribution in [0.15, 0.2) is 121 Å². The van der Waals surface area contributed by atoms with Gasteiger partial charge in [-0.3, -0.25) is 9.09 Å². The van der Waals surface area contributed by atoms with Crippen molar-refractivity contribution in [1.82, 2.24) is 0 Å². The van der Waals surface area contributed by atoms with E-state index in [0.29, 0.717) is 0 Å². The molecule has 6 atom stereocenters. The Hall–Kier alpha value is -2.08. The van der Waals surface area contributed by atoms with Crippen molar-refractivity contribution in [2.24, 2.45) is 0 Å². The fourth-order valence-electron chi connectivity index (χ4n) is 4.93. The van der Waals surface area contributed by atoms with E-state index >= 15 is 0 Å². The highest BCUT2D eigenvalue weighted by Gasteiger charge is 2.40. The van der Waals surface area contributed by atoms with E-state index in [2.05, 4.69) is 24.3 Å². The summed E-state index contributed by atoms with van der Waals surface area (Å²) < 4.78 is 42.0. The molecule has 2 heterocycles. The van der Waals surface area contributed by atoms with Gasteiger partial charge in [-0.25, -0.2) is 4.57 Å². The van der Waals surface area contributed by atoms with Gasteiger partial charge in [-0.2, -0.15) is 0 Å². The SMILES string of the molecule is COP1(=O)OC(c2ccccc2)CC(c2ccccc2)S1.CP1(=O)OC(c2ccccc2)CC(c2ccccc2)S1. The summed E-state index contributed by atoms with van der Waals surface area (Å²) in [5.74, 6) is 0. The Labute approximate surface area is 250 Å². The fraction of sp³-hybridized carbons (Fsp3) is 0.250. The highest BCUT2D eigenvalue weighted by Crippen LogP contribution is 2.72. The standard InChI is InChI=1S/C16H17O3PS.C16H17O2PS/c1-18-20(17)19-15(13-8-4-2-5-9-13)12-16(21-20)14-10-6-3-7-11-14;1-19(17)18-15(13-8-4-2-5-9-13)12-16(20-19)14-10-6-3-7-11-14/h2-11,15-16H,12H2,1H3;2-11,15-16H,12H2,1H3. The van der Waals surface area contributed by atoms with E-state index in [1.807, 2.05) is 97.1 Å². The average molecular weight is 625 g/mol. The third-order valence-electron chi connectivity index (χ3n) is 6.92. The van der Waals surface area contributed by atoms with Gasteiger partial charge in [0.1, 0.15) is 0 Å². The van der Waals surface area contributed by atoms with Crippen LogP contribution in [0.25, 0.3) is 0 Å². The van der Waals surface area contributed by atoms with Gasteiger partial charge >= 0.3 is 6.80 Å². The molecule has 4 aromatic carbocycles. The van der Waals surface area contributed by atoms with Crippen LogP contribution in [0, 0.1) is 0 Å². The van der Waals surface area contributed by atoms with Crippen LogP contribution in [0.2, 0.25) is 0 Å². The lowest BCUT2D eigenvalue weighted by Crippen LogP contribution is -2.12. The molecule has 0 spiro atoms. The first kappa shape index (κ1) is 30.4. The molecule has 0 radical (unpaired) electrons. The number of hydrogen-bond acceptors (Lipinski definition) is 7. The van der Waals surface area contributed by atoms with Crippen molar-refractivity contribution in [3.8, 4) is 0 Å². The van der Waals surface area contributed by atoms with Crippen LogP contribution < -0.4 is 0 Å². The first-order chi connectivity index (χ1) is 19.8. The molecular weight excluding hydrogens is 590 g/mol. The van der Waals surface area contributed by atoms with Gasteiger partial charge in [-0.1, -0.05) is 133 Å². The lowest BCUT2D eigenvalue weighted by Gasteiger charge is -2.33. The Balaban J connectivity index is 0.000000165. The zero-order chi connectivity index (χ0) is 28.7. The predicted molar refractivity (Wildman–Crippen MR) is 171 cm³/mol. The number of hydrogen-bond donors (Lipinski definition) is 0. The molecule has 6 unspecified atom stereocenters. The molecule has 5 nitrogen and oxygen atoms in total. The summed E-state index contributed by atoms with van der Waals surface area (Å²) in [6.45, 7) is -4.01. The van der Waals surface area contributed by atoms with Crippen molar-refractivity contribution < 1.29 is 22.7 Å². The first-order valence-corrected chi connectivity index (χ1v) is 20.1. The molecule has 0 N–H and O–H groups in total. The minimum Gasteiger partial charge on any atom is -0.313 e. The van der Waals surface area contributed by atoms with Gasteiger partial charge in [0.2, 0.25) is 0 Å². The van der Waals surface area contributed by atoms with E-state index in [-0.39, 0.29) is 22.7 Å². The van der Waals surface area contributed by atoms with Crippen molar-refractivity contribution in [2.45, 2.75) is 35.5 Å². The van der Waals surface area contributed by atoms with Gasteiger partial charge in [-0.05, 0) is 46.5 Å². The number of benzene rings is 4. The molecule has 4 aromatic rings. The maximum Gasteiger partial charge on any atom is 0.390 e. The van der Waals surface area contributed by atoms with Crippen LogP contribution >= 0.6 is 36.1 Å². The van der Waals surface area contributed by atoms with E-state index in [9.17, 15) is 9.13 Å². The molecule has 214 valence electrons. The van der Waals surface area contributed by atoms with E-state index in [0.717, 1.165) is 29.5 Å². The third kappa shape index (κ3) is 8.27. The van der Waals surface area contributed by atoms with Crippen molar-refractivity contribution >= 4 is 36.1 Å². The summed E-state index contributed by atoms with van der Waals surface area (Å²) in [6.07, 6.45) is 1.35. The Morgan fingerprint density at radius 1 is 0.585 bits per heavy atom. The van der Waals surface area contributed by atoms with Crippen LogP contribution in [-0.4, -0.2) is 13.8 Å². The first-order valence-electron chi connectivity index (χ1n) is 13.5. The Morgan fingerprint density at radius 2 is 0.951 bits per heavy atom. The second kappa shape index (κ2) is 13.9. The largest absolute Gasteiger partial charge is 0.390 e. The van der Waals surface area contributed by atoms with E-state index in [4.69, 9.17) is 13.6 Å². The van der Waals surface area contributed by atoms with E-state index < -0.39 is 13.4 Å². The molecule has 2 aliphatic heterocycles. The van der Waals surface area contributed by atoms with Crippen molar-refractivity contribution in [3.05, 3.63) is 144 Å². The van der Waals surface area contributed by atoms with Crippen LogP contribution in [0.4, 0.5) is 0 Å². The molecule has 0 aliphatic carbocycles. The fourth-order valence-corrected chi connectivity index (χ4v) is 13.0. The summed E-state index contributed by atoms with van der Waals surface area (Å²) in [4.78, 5) is 0. The monoisotopic (exact) mass is 624 g/mol. The topological polar surface area (TPSA) is 61.8 Å². The molecule has 2 saturated heterocycles. The normalized spacial score (nSPS) is 29.6. The summed E-state index contributed by atoms with van der Waals surface area (Å²) >= 11 is 2.77. The molecule has 0 bridgehead atoms.